The van der Waals surface area contributed by atoms with Crippen molar-refractivity contribution in [3.63, 3.8) is 0 Å². The molecule has 0 radical (unpaired) electrons. The zero-order valence-corrected chi connectivity index (χ0v) is 16.2. The molecule has 1 amide bonds. The second kappa shape index (κ2) is 7.13. The van der Waals surface area contributed by atoms with Crippen molar-refractivity contribution in [1.82, 2.24) is 9.97 Å². The van der Waals surface area contributed by atoms with Gasteiger partial charge in [-0.05, 0) is 30.7 Å². The van der Waals surface area contributed by atoms with Crippen LogP contribution in [0.4, 0.5) is 11.4 Å². The molecular weight excluding hydrogens is 388 g/mol. The maximum Gasteiger partial charge on any atom is 0.252 e. The summed E-state index contributed by atoms with van der Waals surface area (Å²) in [7, 11) is -3.45. The fraction of sp³-hybridized carbons (Fsp3) is 0.167. The Hall–Kier alpha value is -2.71. The topological polar surface area (TPSA) is 115 Å². The van der Waals surface area contributed by atoms with E-state index >= 15 is 0 Å². The Kier molecular flexibility index (Phi) is 5.03. The number of anilines is 2. The number of nitrogens with one attached hydrogen (secondary N) is 1. The van der Waals surface area contributed by atoms with E-state index in [1.165, 1.54) is 24.7 Å². The molecule has 3 aromatic rings. The average Bonchev–Trinajstić information content (AvgIpc) is 2.61. The number of carbonyl (C=O) groups is 1. The first kappa shape index (κ1) is 19.1. The Morgan fingerprint density at radius 3 is 2.59 bits per heavy atom. The van der Waals surface area contributed by atoms with Gasteiger partial charge >= 0.3 is 0 Å². The van der Waals surface area contributed by atoms with Crippen LogP contribution >= 0.6 is 11.6 Å². The van der Waals surface area contributed by atoms with Crippen molar-refractivity contribution >= 4 is 49.6 Å². The summed E-state index contributed by atoms with van der Waals surface area (Å²) in [6, 6.07) is 4.70. The Bertz CT molecular complexity index is 1160. The molecule has 3 rings (SSSR count). The number of hydrogen-bond acceptors (Lipinski definition) is 6. The van der Waals surface area contributed by atoms with Crippen molar-refractivity contribution in [1.29, 1.82) is 0 Å². The van der Waals surface area contributed by atoms with Crippen molar-refractivity contribution in [2.45, 2.75) is 18.7 Å². The van der Waals surface area contributed by atoms with Gasteiger partial charge in [0.1, 0.15) is 0 Å². The van der Waals surface area contributed by atoms with Gasteiger partial charge in [-0.1, -0.05) is 18.5 Å². The van der Waals surface area contributed by atoms with Crippen LogP contribution in [0.5, 0.6) is 0 Å². The minimum Gasteiger partial charge on any atom is -0.365 e. The lowest BCUT2D eigenvalue weighted by Gasteiger charge is -2.15. The number of aromatic nitrogens is 2. The molecule has 0 saturated carbocycles. The predicted octanol–water partition coefficient (Wildman–Crippen LogP) is 3.23. The highest BCUT2D eigenvalue weighted by Gasteiger charge is 2.19. The highest BCUT2D eigenvalue weighted by Crippen LogP contribution is 2.33. The molecular formula is C18H17ClN4O3S. The lowest BCUT2D eigenvalue weighted by Crippen LogP contribution is -2.14. The quantitative estimate of drug-likeness (QED) is 0.674. The van der Waals surface area contributed by atoms with Gasteiger partial charge in [-0.2, -0.15) is 0 Å². The van der Waals surface area contributed by atoms with Crippen LogP contribution in [0.3, 0.4) is 0 Å². The number of benzene rings is 1. The molecule has 0 aliphatic rings. The average molecular weight is 405 g/mol. The Balaban J connectivity index is 2.33. The number of nitrogens with two attached hydrogens (primary N) is 1. The molecule has 0 saturated heterocycles. The molecule has 1 aromatic carbocycles. The summed E-state index contributed by atoms with van der Waals surface area (Å²) in [5.74, 6) is -0.731. The van der Waals surface area contributed by atoms with Crippen molar-refractivity contribution in [3.8, 4) is 0 Å². The van der Waals surface area contributed by atoms with Gasteiger partial charge in [0.15, 0.2) is 9.84 Å². The van der Waals surface area contributed by atoms with E-state index in [9.17, 15) is 13.2 Å². The molecule has 27 heavy (non-hydrogen) atoms. The van der Waals surface area contributed by atoms with Gasteiger partial charge in [-0.15, -0.1) is 0 Å². The number of pyridine rings is 2. The Morgan fingerprint density at radius 2 is 1.96 bits per heavy atom. The van der Waals surface area contributed by atoms with Crippen LogP contribution in [-0.2, 0) is 9.84 Å². The highest BCUT2D eigenvalue weighted by atomic mass is 35.5. The number of aryl methyl sites for hydroxylation is 1. The summed E-state index contributed by atoms with van der Waals surface area (Å²) in [5.41, 5.74) is 7.74. The van der Waals surface area contributed by atoms with Crippen LogP contribution < -0.4 is 11.1 Å². The zero-order chi connectivity index (χ0) is 19.8. The number of nitrogens with zero attached hydrogens (tertiary/aromatic N) is 2. The monoisotopic (exact) mass is 404 g/mol. The molecule has 3 N–H and O–H groups in total. The number of sulfone groups is 1. The number of carbonyl (C=O) groups excluding carboxylic acids is 1. The molecule has 9 heteroatoms. The van der Waals surface area contributed by atoms with E-state index < -0.39 is 15.7 Å². The van der Waals surface area contributed by atoms with Gasteiger partial charge in [0.25, 0.3) is 5.91 Å². The third-order valence-electron chi connectivity index (χ3n) is 4.11. The molecule has 0 unspecified atom stereocenters. The van der Waals surface area contributed by atoms with Crippen LogP contribution in [0.15, 0.2) is 41.7 Å². The number of amides is 1. The molecule has 2 heterocycles. The molecule has 0 aliphatic carbocycles. The van der Waals surface area contributed by atoms with Crippen molar-refractivity contribution in [3.05, 3.63) is 52.9 Å². The second-order valence-corrected chi connectivity index (χ2v) is 8.68. The normalized spacial score (nSPS) is 11.5. The minimum atomic E-state index is -3.45. The largest absolute Gasteiger partial charge is 0.365 e. The summed E-state index contributed by atoms with van der Waals surface area (Å²) < 4.78 is 24.7. The van der Waals surface area contributed by atoms with E-state index in [2.05, 4.69) is 15.3 Å². The highest BCUT2D eigenvalue weighted by molar-refractivity contribution is 7.91. The van der Waals surface area contributed by atoms with Gasteiger partial charge in [-0.3, -0.25) is 14.8 Å². The Labute approximate surface area is 161 Å². The van der Waals surface area contributed by atoms with Crippen molar-refractivity contribution in [2.75, 3.05) is 11.1 Å². The minimum absolute atomic E-state index is 0.0398. The number of primary amides is 1. The van der Waals surface area contributed by atoms with Crippen molar-refractivity contribution in [2.24, 2.45) is 5.73 Å². The van der Waals surface area contributed by atoms with E-state index in [4.69, 9.17) is 17.3 Å². The van der Waals surface area contributed by atoms with Crippen LogP contribution in [0.2, 0.25) is 5.02 Å². The first-order chi connectivity index (χ1) is 12.7. The predicted molar refractivity (Wildman–Crippen MR) is 105 cm³/mol. The van der Waals surface area contributed by atoms with Gasteiger partial charge in [0.05, 0.1) is 44.3 Å². The smallest absolute Gasteiger partial charge is 0.252 e. The molecule has 0 atom stereocenters. The van der Waals surface area contributed by atoms with Crippen LogP contribution in [0.1, 0.15) is 22.8 Å². The van der Waals surface area contributed by atoms with Crippen LogP contribution in [0, 0.1) is 6.92 Å². The van der Waals surface area contributed by atoms with E-state index in [-0.39, 0.29) is 16.2 Å². The second-order valence-electron chi connectivity index (χ2n) is 5.97. The number of fused-ring (bicyclic) bond motifs is 1. The number of rotatable bonds is 5. The Morgan fingerprint density at radius 1 is 1.22 bits per heavy atom. The van der Waals surface area contributed by atoms with E-state index in [1.54, 1.807) is 26.0 Å². The fourth-order valence-electron chi connectivity index (χ4n) is 2.74. The van der Waals surface area contributed by atoms with E-state index in [0.29, 0.717) is 32.9 Å². The van der Waals surface area contributed by atoms with E-state index in [1.807, 2.05) is 0 Å². The summed E-state index contributed by atoms with van der Waals surface area (Å²) in [5, 5.41) is 3.96. The molecule has 0 spiro atoms. The van der Waals surface area contributed by atoms with Gasteiger partial charge in [0.2, 0.25) is 0 Å². The van der Waals surface area contributed by atoms with Gasteiger partial charge < -0.3 is 11.1 Å². The maximum atomic E-state index is 12.4. The first-order valence-electron chi connectivity index (χ1n) is 8.06. The third kappa shape index (κ3) is 3.72. The zero-order valence-electron chi connectivity index (χ0n) is 14.7. The number of hydrogen-bond donors (Lipinski definition) is 2. The van der Waals surface area contributed by atoms with E-state index in [0.717, 1.165) is 0 Å². The third-order valence-corrected chi connectivity index (χ3v) is 6.03. The lowest BCUT2D eigenvalue weighted by atomic mass is 10.1. The summed E-state index contributed by atoms with van der Waals surface area (Å²) in [4.78, 5) is 20.4. The van der Waals surface area contributed by atoms with Crippen molar-refractivity contribution < 1.29 is 13.2 Å². The van der Waals surface area contributed by atoms with Crippen LogP contribution in [0.25, 0.3) is 10.9 Å². The molecule has 0 fully saturated rings. The maximum absolute atomic E-state index is 12.4. The fourth-order valence-corrected chi connectivity index (χ4v) is 3.90. The first-order valence-corrected chi connectivity index (χ1v) is 10.1. The SMILES string of the molecule is CCS(=O)(=O)c1cc(C)c2ncc(C(N)=O)c(Nc3cncc(Cl)c3)c2c1. The summed E-state index contributed by atoms with van der Waals surface area (Å²) in [6.45, 7) is 3.34. The van der Waals surface area contributed by atoms with Crippen LogP contribution in [-0.4, -0.2) is 30.0 Å². The lowest BCUT2D eigenvalue weighted by molar-refractivity contribution is 0.100. The molecule has 0 aliphatic heterocycles. The molecule has 0 bridgehead atoms. The molecule has 140 valence electrons. The number of halogens is 1. The molecule has 7 nitrogen and oxygen atoms in total. The summed E-state index contributed by atoms with van der Waals surface area (Å²) >= 11 is 5.97. The van der Waals surface area contributed by atoms with Gasteiger partial charge in [0, 0.05) is 17.8 Å². The summed E-state index contributed by atoms with van der Waals surface area (Å²) in [6.07, 6.45) is 4.37. The van der Waals surface area contributed by atoms with Gasteiger partial charge in [-0.25, -0.2) is 8.42 Å². The standard InChI is InChI=1S/C18H17ClN4O3S/c1-3-27(25,26)13-4-10(2)16-14(6-13)17(15(9-22-16)18(20)24)23-12-5-11(19)7-21-8-12/h4-9H,3H2,1-2H3,(H2,20,24)(H,22,23). The molecule has 2 aromatic heterocycles.